The molecule has 0 aliphatic carbocycles. The van der Waals surface area contributed by atoms with Gasteiger partial charge in [-0.25, -0.2) is 4.98 Å². The molecule has 0 aliphatic heterocycles. The zero-order chi connectivity index (χ0) is 21.8. The summed E-state index contributed by atoms with van der Waals surface area (Å²) in [5, 5.41) is 7.72. The minimum Gasteiger partial charge on any atom is -0.361 e. The van der Waals surface area contributed by atoms with Crippen molar-refractivity contribution in [1.29, 1.82) is 0 Å². The number of hydrogen-bond donors (Lipinski definition) is 2. The molecular weight excluding hydrogens is 428 g/mol. The summed E-state index contributed by atoms with van der Waals surface area (Å²) in [6.45, 7) is 6.25. The molecule has 2 aromatic heterocycles. The number of carbonyl (C=O) groups excluding carboxylic acids is 1. The predicted molar refractivity (Wildman–Crippen MR) is 126 cm³/mol. The van der Waals surface area contributed by atoms with E-state index in [-0.39, 0.29) is 5.91 Å². The number of H-pyrrole nitrogens is 1. The Bertz CT molecular complexity index is 1160. The van der Waals surface area contributed by atoms with Crippen LogP contribution in [-0.4, -0.2) is 33.3 Å². The standard InChI is InChI=1S/C23H24N4O2S2/c1-14-17(13-31-23-25-18-8-4-5-9-19(18)26-23)7-6-10-20(14)30-12-11-24-22(28)21-15(2)27-29-16(21)3/h4-10H,11-13H2,1-3H3,(H,24,28)(H,25,26). The Morgan fingerprint density at radius 3 is 2.71 bits per heavy atom. The lowest BCUT2D eigenvalue weighted by atomic mass is 10.1. The van der Waals surface area contributed by atoms with Gasteiger partial charge in [0.05, 0.1) is 16.7 Å². The fraction of sp³-hybridized carbons (Fsp3) is 0.261. The molecule has 8 heteroatoms. The molecule has 2 heterocycles. The van der Waals surface area contributed by atoms with Crippen molar-refractivity contribution in [3.63, 3.8) is 0 Å². The van der Waals surface area contributed by atoms with Crippen molar-refractivity contribution in [2.45, 2.75) is 36.6 Å². The van der Waals surface area contributed by atoms with E-state index in [0.29, 0.717) is 23.6 Å². The zero-order valence-electron chi connectivity index (χ0n) is 17.7. The molecule has 0 bridgehead atoms. The van der Waals surface area contributed by atoms with Gasteiger partial charge >= 0.3 is 0 Å². The molecule has 6 nitrogen and oxygen atoms in total. The number of rotatable bonds is 8. The van der Waals surface area contributed by atoms with Crippen LogP contribution in [0.1, 0.15) is 32.9 Å². The van der Waals surface area contributed by atoms with Crippen molar-refractivity contribution >= 4 is 40.5 Å². The van der Waals surface area contributed by atoms with Crippen LogP contribution in [0.4, 0.5) is 0 Å². The monoisotopic (exact) mass is 452 g/mol. The number of aryl methyl sites for hydroxylation is 2. The zero-order valence-corrected chi connectivity index (χ0v) is 19.3. The summed E-state index contributed by atoms with van der Waals surface area (Å²) in [5.74, 6) is 2.05. The number of carbonyl (C=O) groups is 1. The van der Waals surface area contributed by atoms with Crippen LogP contribution >= 0.6 is 23.5 Å². The Kier molecular flexibility index (Phi) is 6.67. The summed E-state index contributed by atoms with van der Waals surface area (Å²) < 4.78 is 5.07. The van der Waals surface area contributed by atoms with Gasteiger partial charge in [0.15, 0.2) is 5.16 Å². The lowest BCUT2D eigenvalue weighted by Gasteiger charge is -2.11. The first-order chi connectivity index (χ1) is 15.0. The van der Waals surface area contributed by atoms with Crippen LogP contribution in [0.3, 0.4) is 0 Å². The second-order valence-electron chi connectivity index (χ2n) is 7.19. The maximum Gasteiger partial charge on any atom is 0.256 e. The number of aromatic nitrogens is 3. The number of fused-ring (bicyclic) bond motifs is 1. The van der Waals surface area contributed by atoms with Crippen LogP contribution in [0.5, 0.6) is 0 Å². The van der Waals surface area contributed by atoms with Gasteiger partial charge in [0, 0.05) is 22.9 Å². The Balaban J connectivity index is 1.31. The highest BCUT2D eigenvalue weighted by Crippen LogP contribution is 2.29. The molecule has 0 saturated carbocycles. The SMILES string of the molecule is Cc1noc(C)c1C(=O)NCCSc1cccc(CSc2nc3ccccc3[nH]2)c1C. The number of nitrogens with one attached hydrogen (secondary N) is 2. The average molecular weight is 453 g/mol. The van der Waals surface area contributed by atoms with Gasteiger partial charge in [-0.05, 0) is 50.1 Å². The van der Waals surface area contributed by atoms with E-state index in [1.165, 1.54) is 16.0 Å². The second-order valence-corrected chi connectivity index (χ2v) is 9.29. The molecule has 2 N–H and O–H groups in total. The quantitative estimate of drug-likeness (QED) is 0.279. The maximum atomic E-state index is 12.3. The third-order valence-corrected chi connectivity index (χ3v) is 7.12. The van der Waals surface area contributed by atoms with Crippen molar-refractivity contribution in [2.75, 3.05) is 12.3 Å². The van der Waals surface area contributed by atoms with Crippen molar-refractivity contribution in [3.05, 3.63) is 70.6 Å². The van der Waals surface area contributed by atoms with Gasteiger partial charge in [0.1, 0.15) is 11.3 Å². The summed E-state index contributed by atoms with van der Waals surface area (Å²) >= 11 is 3.46. The fourth-order valence-corrected chi connectivity index (χ4v) is 5.23. The highest BCUT2D eigenvalue weighted by molar-refractivity contribution is 7.99. The number of nitrogens with zero attached hydrogens (tertiary/aromatic N) is 2. The molecule has 2 aromatic carbocycles. The van der Waals surface area contributed by atoms with E-state index in [0.717, 1.165) is 27.7 Å². The van der Waals surface area contributed by atoms with Gasteiger partial charge in [-0.1, -0.05) is 41.2 Å². The summed E-state index contributed by atoms with van der Waals surface area (Å²) in [4.78, 5) is 21.6. The van der Waals surface area contributed by atoms with E-state index >= 15 is 0 Å². The molecule has 0 fully saturated rings. The van der Waals surface area contributed by atoms with E-state index in [2.05, 4.69) is 45.6 Å². The van der Waals surface area contributed by atoms with E-state index < -0.39 is 0 Å². The van der Waals surface area contributed by atoms with Crippen LogP contribution in [-0.2, 0) is 5.75 Å². The van der Waals surface area contributed by atoms with Gasteiger partial charge < -0.3 is 14.8 Å². The number of benzene rings is 2. The van der Waals surface area contributed by atoms with Crippen LogP contribution in [0.25, 0.3) is 11.0 Å². The van der Waals surface area contributed by atoms with Crippen LogP contribution in [0, 0.1) is 20.8 Å². The van der Waals surface area contributed by atoms with E-state index in [9.17, 15) is 4.79 Å². The highest BCUT2D eigenvalue weighted by Gasteiger charge is 2.16. The van der Waals surface area contributed by atoms with Gasteiger partial charge in [0.25, 0.3) is 5.91 Å². The second kappa shape index (κ2) is 9.62. The van der Waals surface area contributed by atoms with Gasteiger partial charge in [-0.2, -0.15) is 0 Å². The minimum absolute atomic E-state index is 0.135. The number of thioether (sulfide) groups is 2. The summed E-state index contributed by atoms with van der Waals surface area (Å²) in [5.41, 5.74) is 5.76. The minimum atomic E-state index is -0.135. The Morgan fingerprint density at radius 1 is 1.10 bits per heavy atom. The number of hydrogen-bond acceptors (Lipinski definition) is 6. The highest BCUT2D eigenvalue weighted by atomic mass is 32.2. The molecule has 0 saturated heterocycles. The first-order valence-corrected chi connectivity index (χ1v) is 12.0. The van der Waals surface area contributed by atoms with Gasteiger partial charge in [-0.3, -0.25) is 4.79 Å². The smallest absolute Gasteiger partial charge is 0.256 e. The first kappa shape index (κ1) is 21.5. The third-order valence-electron chi connectivity index (χ3n) is 5.03. The molecule has 0 atom stereocenters. The molecule has 0 radical (unpaired) electrons. The summed E-state index contributed by atoms with van der Waals surface area (Å²) in [6, 6.07) is 14.4. The lowest BCUT2D eigenvalue weighted by Crippen LogP contribution is -2.26. The Labute approximate surface area is 189 Å². The van der Waals surface area contributed by atoms with E-state index in [4.69, 9.17) is 4.52 Å². The molecule has 1 amide bonds. The Hall–Kier alpha value is -2.71. The normalized spacial score (nSPS) is 11.2. The van der Waals surface area contributed by atoms with E-state index in [1.807, 2.05) is 24.3 Å². The predicted octanol–water partition coefficient (Wildman–Crippen LogP) is 5.29. The first-order valence-electron chi connectivity index (χ1n) is 10.0. The molecule has 0 unspecified atom stereocenters. The van der Waals surface area contributed by atoms with Crippen molar-refractivity contribution in [1.82, 2.24) is 20.4 Å². The summed E-state index contributed by atoms with van der Waals surface area (Å²) in [6.07, 6.45) is 0. The molecule has 4 rings (SSSR count). The molecule has 0 aliphatic rings. The van der Waals surface area contributed by atoms with Crippen LogP contribution in [0.15, 0.2) is 57.0 Å². The molecule has 0 spiro atoms. The molecule has 31 heavy (non-hydrogen) atoms. The van der Waals surface area contributed by atoms with Gasteiger partial charge in [-0.15, -0.1) is 11.8 Å². The van der Waals surface area contributed by atoms with Gasteiger partial charge in [0.2, 0.25) is 0 Å². The molecule has 4 aromatic rings. The van der Waals surface area contributed by atoms with Crippen molar-refractivity contribution < 1.29 is 9.32 Å². The number of para-hydroxylation sites is 2. The fourth-order valence-electron chi connectivity index (χ4n) is 3.34. The average Bonchev–Trinajstić information content (AvgIpc) is 3.33. The third kappa shape index (κ3) is 4.97. The van der Waals surface area contributed by atoms with Crippen LogP contribution in [0.2, 0.25) is 0 Å². The van der Waals surface area contributed by atoms with Crippen molar-refractivity contribution in [2.24, 2.45) is 0 Å². The largest absolute Gasteiger partial charge is 0.361 e. The number of amides is 1. The maximum absolute atomic E-state index is 12.3. The van der Waals surface area contributed by atoms with Crippen LogP contribution < -0.4 is 5.32 Å². The lowest BCUT2D eigenvalue weighted by molar-refractivity contribution is 0.0954. The number of imidazole rings is 1. The number of aromatic amines is 1. The van der Waals surface area contributed by atoms with E-state index in [1.54, 1.807) is 37.4 Å². The topological polar surface area (TPSA) is 83.8 Å². The van der Waals surface area contributed by atoms with Crippen molar-refractivity contribution in [3.8, 4) is 0 Å². The molecule has 160 valence electrons. The Morgan fingerprint density at radius 2 is 1.94 bits per heavy atom. The summed E-state index contributed by atoms with van der Waals surface area (Å²) in [7, 11) is 0. The molecular formula is C23H24N4O2S2.